The van der Waals surface area contributed by atoms with Crippen molar-refractivity contribution in [1.82, 2.24) is 0 Å². The zero-order valence-corrected chi connectivity index (χ0v) is 17.9. The topological polar surface area (TPSA) is 63.2 Å². The highest BCUT2D eigenvalue weighted by Crippen LogP contribution is 2.35. The molecule has 0 saturated carbocycles. The summed E-state index contributed by atoms with van der Waals surface area (Å²) < 4.78 is 0. The summed E-state index contributed by atoms with van der Waals surface area (Å²) in [5.74, 6) is -3.81. The van der Waals surface area contributed by atoms with E-state index in [1.807, 2.05) is 72.8 Å². The standard InChI is InChI=1S/C29H23NO3/c31-27(23-17-9-3-10-18-23)26(28(32)29(33)30-24-19-11-4-12-20-24)25(21-13-5-1-6-14-21)22-15-7-2-8-16-22/h1-20,25-26H,(H,30,33)/t26-/m0/s1. The summed E-state index contributed by atoms with van der Waals surface area (Å²) in [7, 11) is 0. The number of nitrogens with one attached hydrogen (secondary N) is 1. The van der Waals surface area contributed by atoms with Gasteiger partial charge in [0.2, 0.25) is 5.78 Å². The highest BCUT2D eigenvalue weighted by molar-refractivity contribution is 6.45. The SMILES string of the molecule is O=C(Nc1ccccc1)C(=O)[C@H](C(=O)c1ccccc1)C(c1ccccc1)c1ccccc1. The van der Waals surface area contributed by atoms with Crippen LogP contribution in [0.4, 0.5) is 5.69 Å². The lowest BCUT2D eigenvalue weighted by Crippen LogP contribution is -2.38. The van der Waals surface area contributed by atoms with E-state index in [9.17, 15) is 14.4 Å². The van der Waals surface area contributed by atoms with E-state index >= 15 is 0 Å². The zero-order valence-electron chi connectivity index (χ0n) is 17.9. The molecular weight excluding hydrogens is 410 g/mol. The lowest BCUT2D eigenvalue weighted by molar-refractivity contribution is -0.136. The van der Waals surface area contributed by atoms with Gasteiger partial charge in [0, 0.05) is 17.2 Å². The highest BCUT2D eigenvalue weighted by atomic mass is 16.2. The van der Waals surface area contributed by atoms with Gasteiger partial charge in [-0.25, -0.2) is 0 Å². The first-order valence-corrected chi connectivity index (χ1v) is 10.7. The van der Waals surface area contributed by atoms with Gasteiger partial charge in [-0.05, 0) is 23.3 Å². The number of ketones is 2. The van der Waals surface area contributed by atoms with Gasteiger partial charge in [-0.3, -0.25) is 14.4 Å². The first-order chi connectivity index (χ1) is 16.1. The van der Waals surface area contributed by atoms with Crippen molar-refractivity contribution in [3.8, 4) is 0 Å². The molecule has 0 spiro atoms. The van der Waals surface area contributed by atoms with Gasteiger partial charge in [0.1, 0.15) is 5.92 Å². The van der Waals surface area contributed by atoms with Gasteiger partial charge in [-0.15, -0.1) is 0 Å². The van der Waals surface area contributed by atoms with E-state index in [0.717, 1.165) is 11.1 Å². The fourth-order valence-corrected chi connectivity index (χ4v) is 3.96. The maximum absolute atomic E-state index is 13.7. The van der Waals surface area contributed by atoms with E-state index in [1.165, 1.54) is 0 Å². The molecule has 1 N–H and O–H groups in total. The van der Waals surface area contributed by atoms with Crippen molar-refractivity contribution >= 4 is 23.2 Å². The van der Waals surface area contributed by atoms with Crippen LogP contribution in [-0.2, 0) is 9.59 Å². The molecule has 4 aromatic rings. The number of amides is 1. The Labute approximate surface area is 192 Å². The molecule has 4 nitrogen and oxygen atoms in total. The van der Waals surface area contributed by atoms with E-state index in [1.54, 1.807) is 48.5 Å². The monoisotopic (exact) mass is 433 g/mol. The Bertz CT molecular complexity index is 1180. The number of hydrogen-bond acceptors (Lipinski definition) is 3. The van der Waals surface area contributed by atoms with Crippen LogP contribution in [0.5, 0.6) is 0 Å². The smallest absolute Gasteiger partial charge is 0.292 e. The Morgan fingerprint density at radius 2 is 0.970 bits per heavy atom. The number of anilines is 1. The van der Waals surface area contributed by atoms with Crippen LogP contribution in [-0.4, -0.2) is 17.5 Å². The molecule has 162 valence electrons. The van der Waals surface area contributed by atoms with Crippen molar-refractivity contribution in [2.24, 2.45) is 5.92 Å². The van der Waals surface area contributed by atoms with Crippen LogP contribution in [0, 0.1) is 5.92 Å². The summed E-state index contributed by atoms with van der Waals surface area (Å²) >= 11 is 0. The maximum atomic E-state index is 13.7. The normalized spacial score (nSPS) is 11.5. The van der Waals surface area contributed by atoms with Crippen LogP contribution in [0.2, 0.25) is 0 Å². The maximum Gasteiger partial charge on any atom is 0.292 e. The van der Waals surface area contributed by atoms with Gasteiger partial charge in [0.25, 0.3) is 5.91 Å². The third-order valence-electron chi connectivity index (χ3n) is 5.53. The number of benzene rings is 4. The van der Waals surface area contributed by atoms with Crippen molar-refractivity contribution in [2.45, 2.75) is 5.92 Å². The molecule has 1 atom stereocenters. The Morgan fingerprint density at radius 3 is 1.45 bits per heavy atom. The first-order valence-electron chi connectivity index (χ1n) is 10.7. The molecule has 4 aromatic carbocycles. The van der Waals surface area contributed by atoms with Gasteiger partial charge in [-0.1, -0.05) is 109 Å². The largest absolute Gasteiger partial charge is 0.319 e. The molecule has 4 heteroatoms. The molecule has 0 saturated heterocycles. The Balaban J connectivity index is 1.80. The third-order valence-corrected chi connectivity index (χ3v) is 5.53. The number of rotatable bonds is 8. The summed E-state index contributed by atoms with van der Waals surface area (Å²) in [6, 6.07) is 36.1. The summed E-state index contributed by atoms with van der Waals surface area (Å²) in [5, 5.41) is 2.65. The number of para-hydroxylation sites is 1. The van der Waals surface area contributed by atoms with Crippen molar-refractivity contribution in [2.75, 3.05) is 5.32 Å². The zero-order chi connectivity index (χ0) is 23.0. The van der Waals surface area contributed by atoms with E-state index in [0.29, 0.717) is 11.3 Å². The molecule has 33 heavy (non-hydrogen) atoms. The van der Waals surface area contributed by atoms with Crippen LogP contribution in [0.3, 0.4) is 0 Å². The lowest BCUT2D eigenvalue weighted by atomic mass is 9.74. The molecule has 0 aliphatic carbocycles. The molecule has 0 unspecified atom stereocenters. The summed E-state index contributed by atoms with van der Waals surface area (Å²) in [5.41, 5.74) is 2.47. The van der Waals surface area contributed by atoms with Crippen LogP contribution in [0.15, 0.2) is 121 Å². The molecule has 1 amide bonds. The van der Waals surface area contributed by atoms with Gasteiger partial charge < -0.3 is 5.32 Å². The van der Waals surface area contributed by atoms with Crippen LogP contribution >= 0.6 is 0 Å². The summed E-state index contributed by atoms with van der Waals surface area (Å²) in [4.78, 5) is 40.4. The van der Waals surface area contributed by atoms with Crippen LogP contribution < -0.4 is 5.32 Å². The van der Waals surface area contributed by atoms with Crippen LogP contribution in [0.25, 0.3) is 0 Å². The molecule has 0 heterocycles. The fourth-order valence-electron chi connectivity index (χ4n) is 3.96. The Hall–Kier alpha value is -4.31. The second kappa shape index (κ2) is 10.3. The molecule has 0 aliphatic heterocycles. The Morgan fingerprint density at radius 1 is 0.545 bits per heavy atom. The van der Waals surface area contributed by atoms with E-state index in [-0.39, 0.29) is 5.78 Å². The first kappa shape index (κ1) is 21.9. The molecule has 0 aliphatic rings. The predicted molar refractivity (Wildman–Crippen MR) is 129 cm³/mol. The number of carbonyl (C=O) groups excluding carboxylic acids is 3. The van der Waals surface area contributed by atoms with Crippen molar-refractivity contribution in [1.29, 1.82) is 0 Å². The van der Waals surface area contributed by atoms with Crippen molar-refractivity contribution in [3.63, 3.8) is 0 Å². The average molecular weight is 434 g/mol. The molecule has 4 rings (SSSR count). The highest BCUT2D eigenvalue weighted by Gasteiger charge is 2.40. The molecule has 0 fully saturated rings. The fraction of sp³-hybridized carbons (Fsp3) is 0.0690. The quantitative estimate of drug-likeness (QED) is 0.226. The minimum absolute atomic E-state index is 0.387. The van der Waals surface area contributed by atoms with Gasteiger partial charge >= 0.3 is 0 Å². The van der Waals surface area contributed by atoms with E-state index in [4.69, 9.17) is 0 Å². The second-order valence-electron chi connectivity index (χ2n) is 7.69. The average Bonchev–Trinajstić information content (AvgIpc) is 2.88. The Kier molecular flexibility index (Phi) is 6.86. The lowest BCUT2D eigenvalue weighted by Gasteiger charge is -2.26. The van der Waals surface area contributed by atoms with E-state index in [2.05, 4.69) is 5.32 Å². The van der Waals surface area contributed by atoms with Gasteiger partial charge in [0.05, 0.1) is 0 Å². The second-order valence-corrected chi connectivity index (χ2v) is 7.69. The predicted octanol–water partition coefficient (Wildman–Crippen LogP) is 5.53. The van der Waals surface area contributed by atoms with E-state index < -0.39 is 23.5 Å². The summed E-state index contributed by atoms with van der Waals surface area (Å²) in [6.45, 7) is 0. The number of Topliss-reactive ketones (excluding diaryl/α,β-unsaturated/α-hetero) is 2. The number of carbonyl (C=O) groups is 3. The van der Waals surface area contributed by atoms with Gasteiger partial charge in [0.15, 0.2) is 5.78 Å². The van der Waals surface area contributed by atoms with Crippen molar-refractivity contribution < 1.29 is 14.4 Å². The van der Waals surface area contributed by atoms with Gasteiger partial charge in [-0.2, -0.15) is 0 Å². The van der Waals surface area contributed by atoms with Crippen molar-refractivity contribution in [3.05, 3.63) is 138 Å². The molecule has 0 aromatic heterocycles. The molecule has 0 bridgehead atoms. The minimum atomic E-state index is -1.22. The minimum Gasteiger partial charge on any atom is -0.319 e. The van der Waals surface area contributed by atoms with Crippen LogP contribution in [0.1, 0.15) is 27.4 Å². The number of hydrogen-bond donors (Lipinski definition) is 1. The molecule has 0 radical (unpaired) electrons. The third kappa shape index (κ3) is 5.13. The molecular formula is C29H23NO3. The summed E-state index contributed by atoms with van der Waals surface area (Å²) in [6.07, 6.45) is 0.